The van der Waals surface area contributed by atoms with Crippen LogP contribution in [0.4, 0.5) is 4.39 Å². The van der Waals surface area contributed by atoms with Crippen molar-refractivity contribution in [1.82, 2.24) is 0 Å². The van der Waals surface area contributed by atoms with Crippen molar-refractivity contribution in [2.24, 2.45) is 5.41 Å². The third kappa shape index (κ3) is 3.12. The van der Waals surface area contributed by atoms with E-state index < -0.39 is 0 Å². The van der Waals surface area contributed by atoms with Crippen molar-refractivity contribution in [3.63, 3.8) is 0 Å². The van der Waals surface area contributed by atoms with Crippen molar-refractivity contribution in [3.05, 3.63) is 34.6 Å². The van der Waals surface area contributed by atoms with Gasteiger partial charge in [0.05, 0.1) is 11.6 Å². The normalized spacial score (nSPS) is 24.9. The predicted molar refractivity (Wildman–Crippen MR) is 68.3 cm³/mol. The maximum atomic E-state index is 13.4. The molecule has 0 saturated carbocycles. The maximum absolute atomic E-state index is 13.4. The second-order valence-electron chi connectivity index (χ2n) is 4.72. The summed E-state index contributed by atoms with van der Waals surface area (Å²) in [4.78, 5) is 0. The van der Waals surface area contributed by atoms with Gasteiger partial charge in [0.2, 0.25) is 0 Å². The van der Waals surface area contributed by atoms with Crippen LogP contribution in [0.5, 0.6) is 0 Å². The summed E-state index contributed by atoms with van der Waals surface area (Å²) in [6, 6.07) is 4.94. The Morgan fingerprint density at radius 3 is 2.82 bits per heavy atom. The van der Waals surface area contributed by atoms with Gasteiger partial charge in [-0.25, -0.2) is 4.39 Å². The summed E-state index contributed by atoms with van der Waals surface area (Å²) >= 11 is 11.7. The summed E-state index contributed by atoms with van der Waals surface area (Å²) in [5.74, 6) is 0.169. The van der Waals surface area contributed by atoms with Crippen molar-refractivity contribution in [3.8, 4) is 0 Å². The molecule has 0 aromatic heterocycles. The first-order valence-electron chi connectivity index (χ1n) is 5.73. The van der Waals surface area contributed by atoms with Gasteiger partial charge >= 0.3 is 0 Å². The summed E-state index contributed by atoms with van der Waals surface area (Å²) in [7, 11) is 0. The molecule has 0 bridgehead atoms. The molecule has 1 unspecified atom stereocenters. The molecule has 0 amide bonds. The number of halogens is 3. The number of hydrogen-bond acceptors (Lipinski definition) is 1. The summed E-state index contributed by atoms with van der Waals surface area (Å²) in [6.45, 7) is 1.45. The number of benzene rings is 1. The Hall–Kier alpha value is -0.310. The molecule has 1 atom stereocenters. The first kappa shape index (κ1) is 13.1. The Morgan fingerprint density at radius 1 is 1.41 bits per heavy atom. The van der Waals surface area contributed by atoms with Crippen LogP contribution in [0.2, 0.25) is 5.02 Å². The van der Waals surface area contributed by atoms with Gasteiger partial charge < -0.3 is 4.74 Å². The van der Waals surface area contributed by atoms with Crippen LogP contribution in [0.3, 0.4) is 0 Å². The third-order valence-corrected chi connectivity index (χ3v) is 4.12. The fraction of sp³-hybridized carbons (Fsp3) is 0.538. The van der Waals surface area contributed by atoms with E-state index in [0.717, 1.165) is 31.4 Å². The number of rotatable bonds is 3. The minimum absolute atomic E-state index is 0.0555. The Balaban J connectivity index is 2.14. The van der Waals surface area contributed by atoms with Gasteiger partial charge in [-0.2, -0.15) is 0 Å². The second kappa shape index (κ2) is 5.55. The molecule has 1 aromatic rings. The highest BCUT2D eigenvalue weighted by molar-refractivity contribution is 6.30. The topological polar surface area (TPSA) is 9.23 Å². The van der Waals surface area contributed by atoms with Crippen LogP contribution in [-0.4, -0.2) is 19.1 Å². The molecule has 1 saturated heterocycles. The molecule has 2 rings (SSSR count). The molecule has 94 valence electrons. The molecule has 0 radical (unpaired) electrons. The smallest absolute Gasteiger partial charge is 0.142 e. The fourth-order valence-electron chi connectivity index (χ4n) is 2.28. The largest absolute Gasteiger partial charge is 0.381 e. The minimum atomic E-state index is -0.370. The van der Waals surface area contributed by atoms with Crippen LogP contribution in [0.1, 0.15) is 18.4 Å². The lowest BCUT2D eigenvalue weighted by Crippen LogP contribution is -2.35. The summed E-state index contributed by atoms with van der Waals surface area (Å²) < 4.78 is 18.9. The van der Waals surface area contributed by atoms with Crippen LogP contribution in [0.25, 0.3) is 0 Å². The van der Waals surface area contributed by atoms with Gasteiger partial charge in [0.15, 0.2) is 0 Å². The SMILES string of the molecule is Fc1cc(CC2(CCl)CCCOC2)ccc1Cl. The second-order valence-corrected chi connectivity index (χ2v) is 5.39. The van der Waals surface area contributed by atoms with E-state index in [1.807, 2.05) is 6.07 Å². The molecule has 1 fully saturated rings. The summed E-state index contributed by atoms with van der Waals surface area (Å²) in [5, 5.41) is 0.161. The molecule has 4 heteroatoms. The van der Waals surface area contributed by atoms with E-state index in [1.165, 1.54) is 6.07 Å². The van der Waals surface area contributed by atoms with E-state index >= 15 is 0 Å². The zero-order valence-corrected chi connectivity index (χ0v) is 11.0. The van der Waals surface area contributed by atoms with Crippen LogP contribution >= 0.6 is 23.2 Å². The molecule has 0 aliphatic carbocycles. The van der Waals surface area contributed by atoms with Gasteiger partial charge in [0, 0.05) is 17.9 Å². The van der Waals surface area contributed by atoms with E-state index in [9.17, 15) is 4.39 Å². The van der Waals surface area contributed by atoms with Crippen LogP contribution in [0.15, 0.2) is 18.2 Å². The summed E-state index contributed by atoms with van der Waals surface area (Å²) in [6.07, 6.45) is 2.79. The van der Waals surface area contributed by atoms with Gasteiger partial charge in [-0.3, -0.25) is 0 Å². The standard InChI is InChI=1S/C13H15Cl2FO/c14-8-13(4-1-5-17-9-13)7-10-2-3-11(15)12(16)6-10/h2-3,6H,1,4-5,7-9H2. The molecular weight excluding hydrogens is 262 g/mol. The number of ether oxygens (including phenoxy) is 1. The van der Waals surface area contributed by atoms with Gasteiger partial charge in [-0.15, -0.1) is 11.6 Å². The van der Waals surface area contributed by atoms with Crippen molar-refractivity contribution in [2.45, 2.75) is 19.3 Å². The lowest BCUT2D eigenvalue weighted by atomic mass is 9.79. The van der Waals surface area contributed by atoms with Gasteiger partial charge in [-0.05, 0) is 37.0 Å². The Bertz CT molecular complexity index is 389. The molecule has 17 heavy (non-hydrogen) atoms. The highest BCUT2D eigenvalue weighted by Gasteiger charge is 2.32. The first-order valence-corrected chi connectivity index (χ1v) is 6.64. The lowest BCUT2D eigenvalue weighted by Gasteiger charge is -2.35. The molecular formula is C13H15Cl2FO. The molecule has 0 spiro atoms. The van der Waals surface area contributed by atoms with E-state index in [2.05, 4.69) is 0 Å². The third-order valence-electron chi connectivity index (χ3n) is 3.25. The van der Waals surface area contributed by atoms with Gasteiger partial charge in [0.1, 0.15) is 5.82 Å². The average molecular weight is 277 g/mol. The molecule has 1 heterocycles. The number of hydrogen-bond donors (Lipinski definition) is 0. The maximum Gasteiger partial charge on any atom is 0.142 e. The van der Waals surface area contributed by atoms with E-state index in [-0.39, 0.29) is 16.3 Å². The lowest BCUT2D eigenvalue weighted by molar-refractivity contribution is 0.00475. The van der Waals surface area contributed by atoms with Crippen molar-refractivity contribution < 1.29 is 9.13 Å². The van der Waals surface area contributed by atoms with E-state index in [4.69, 9.17) is 27.9 Å². The highest BCUT2D eigenvalue weighted by Crippen LogP contribution is 2.34. The Kier molecular flexibility index (Phi) is 4.29. The van der Waals surface area contributed by atoms with E-state index in [1.54, 1.807) is 6.07 Å². The predicted octanol–water partition coefficient (Wildman–Crippen LogP) is 4.06. The van der Waals surface area contributed by atoms with Crippen LogP contribution < -0.4 is 0 Å². The minimum Gasteiger partial charge on any atom is -0.381 e. The summed E-state index contributed by atoms with van der Waals surface area (Å²) in [5.41, 5.74) is 0.873. The van der Waals surface area contributed by atoms with Crippen molar-refractivity contribution in [2.75, 3.05) is 19.1 Å². The fourth-order valence-corrected chi connectivity index (χ4v) is 2.71. The molecule has 0 N–H and O–H groups in total. The molecule has 1 nitrogen and oxygen atoms in total. The number of alkyl halides is 1. The molecule has 1 aliphatic rings. The monoisotopic (exact) mass is 276 g/mol. The van der Waals surface area contributed by atoms with Crippen molar-refractivity contribution in [1.29, 1.82) is 0 Å². The zero-order chi connectivity index (χ0) is 12.3. The zero-order valence-electron chi connectivity index (χ0n) is 9.52. The Labute approximate surface area is 111 Å². The van der Waals surface area contributed by atoms with Gasteiger partial charge in [-0.1, -0.05) is 17.7 Å². The van der Waals surface area contributed by atoms with E-state index in [0.29, 0.717) is 12.5 Å². The van der Waals surface area contributed by atoms with Crippen LogP contribution in [-0.2, 0) is 11.2 Å². The Morgan fingerprint density at radius 2 is 2.24 bits per heavy atom. The molecule has 1 aromatic carbocycles. The average Bonchev–Trinajstić information content (AvgIpc) is 2.35. The highest BCUT2D eigenvalue weighted by atomic mass is 35.5. The first-order chi connectivity index (χ1) is 8.15. The van der Waals surface area contributed by atoms with Gasteiger partial charge in [0.25, 0.3) is 0 Å². The molecule has 1 aliphatic heterocycles. The van der Waals surface area contributed by atoms with Crippen LogP contribution in [0, 0.1) is 11.2 Å². The quantitative estimate of drug-likeness (QED) is 0.757. The van der Waals surface area contributed by atoms with Crippen molar-refractivity contribution >= 4 is 23.2 Å².